The van der Waals surface area contributed by atoms with Crippen LogP contribution in [0.1, 0.15) is 19.3 Å². The van der Waals surface area contributed by atoms with E-state index in [2.05, 4.69) is 21.2 Å². The first-order valence-electron chi connectivity index (χ1n) is 4.93. The van der Waals surface area contributed by atoms with E-state index >= 15 is 0 Å². The topological polar surface area (TPSA) is 29.1 Å². The Morgan fingerprint density at radius 3 is 2.73 bits per heavy atom. The Kier molecular flexibility index (Phi) is 3.05. The highest BCUT2D eigenvalue weighted by Crippen LogP contribution is 2.28. The lowest BCUT2D eigenvalue weighted by Crippen LogP contribution is -2.28. The fraction of sp³-hybridized carbons (Fsp3) is 0.364. The summed E-state index contributed by atoms with van der Waals surface area (Å²) in [6.07, 6.45) is 3.06. The van der Waals surface area contributed by atoms with Crippen molar-refractivity contribution in [2.24, 2.45) is 5.92 Å². The molecule has 15 heavy (non-hydrogen) atoms. The summed E-state index contributed by atoms with van der Waals surface area (Å²) in [5, 5.41) is 2.78. The molecular formula is C11H11BrFNO. The number of nitrogens with one attached hydrogen (secondary N) is 1. The molecule has 4 heteroatoms. The SMILES string of the molecule is O=C(Nc1ccc(F)c(Br)c1)C1CCC1. The molecule has 1 aromatic rings. The Morgan fingerprint density at radius 1 is 1.47 bits per heavy atom. The molecule has 0 atom stereocenters. The van der Waals surface area contributed by atoms with Gasteiger partial charge < -0.3 is 5.32 Å². The van der Waals surface area contributed by atoms with Crippen LogP contribution in [0.15, 0.2) is 22.7 Å². The number of carbonyl (C=O) groups excluding carboxylic acids is 1. The Morgan fingerprint density at radius 2 is 2.20 bits per heavy atom. The number of rotatable bonds is 2. The lowest BCUT2D eigenvalue weighted by atomic mass is 9.85. The van der Waals surface area contributed by atoms with Gasteiger partial charge in [0.1, 0.15) is 5.82 Å². The molecule has 1 fully saturated rings. The molecular weight excluding hydrogens is 261 g/mol. The molecule has 0 bridgehead atoms. The molecule has 2 nitrogen and oxygen atoms in total. The maximum Gasteiger partial charge on any atom is 0.227 e. The average molecular weight is 272 g/mol. The molecule has 0 unspecified atom stereocenters. The Balaban J connectivity index is 2.03. The second-order valence-corrected chi connectivity index (χ2v) is 4.60. The summed E-state index contributed by atoms with van der Waals surface area (Å²) in [6, 6.07) is 4.48. The van der Waals surface area contributed by atoms with E-state index in [1.54, 1.807) is 12.1 Å². The van der Waals surface area contributed by atoms with Gasteiger partial charge in [0.25, 0.3) is 0 Å². The highest BCUT2D eigenvalue weighted by atomic mass is 79.9. The van der Waals surface area contributed by atoms with Crippen molar-refractivity contribution in [3.05, 3.63) is 28.5 Å². The third kappa shape index (κ3) is 2.37. The first kappa shape index (κ1) is 10.6. The molecule has 0 aromatic heterocycles. The van der Waals surface area contributed by atoms with Crippen molar-refractivity contribution in [3.63, 3.8) is 0 Å². The number of hydrogen-bond donors (Lipinski definition) is 1. The molecule has 2 rings (SSSR count). The van der Waals surface area contributed by atoms with Crippen LogP contribution in [0.25, 0.3) is 0 Å². The largest absolute Gasteiger partial charge is 0.326 e. The quantitative estimate of drug-likeness (QED) is 0.879. The Labute approximate surface area is 96.0 Å². The maximum atomic E-state index is 12.9. The summed E-state index contributed by atoms with van der Waals surface area (Å²) in [4.78, 5) is 11.6. The van der Waals surface area contributed by atoms with Crippen LogP contribution in [0.2, 0.25) is 0 Å². The highest BCUT2D eigenvalue weighted by Gasteiger charge is 2.25. The van der Waals surface area contributed by atoms with E-state index in [0.29, 0.717) is 10.2 Å². The molecule has 1 saturated carbocycles. The minimum absolute atomic E-state index is 0.0414. The monoisotopic (exact) mass is 271 g/mol. The van der Waals surface area contributed by atoms with E-state index in [1.165, 1.54) is 6.07 Å². The summed E-state index contributed by atoms with van der Waals surface area (Å²) in [5.74, 6) is -0.134. The third-order valence-electron chi connectivity index (χ3n) is 2.66. The van der Waals surface area contributed by atoms with Gasteiger partial charge in [-0.3, -0.25) is 4.79 Å². The molecule has 1 aliphatic carbocycles. The number of benzene rings is 1. The molecule has 1 aliphatic rings. The van der Waals surface area contributed by atoms with E-state index in [4.69, 9.17) is 0 Å². The van der Waals surface area contributed by atoms with E-state index in [-0.39, 0.29) is 17.6 Å². The van der Waals surface area contributed by atoms with Crippen molar-refractivity contribution >= 4 is 27.5 Å². The van der Waals surface area contributed by atoms with Gasteiger partial charge in [0.05, 0.1) is 4.47 Å². The molecule has 0 spiro atoms. The predicted molar refractivity (Wildman–Crippen MR) is 60.1 cm³/mol. The van der Waals surface area contributed by atoms with Crippen molar-refractivity contribution < 1.29 is 9.18 Å². The van der Waals surface area contributed by atoms with Crippen LogP contribution < -0.4 is 5.32 Å². The van der Waals surface area contributed by atoms with Gasteiger partial charge in [0.15, 0.2) is 0 Å². The second kappa shape index (κ2) is 4.31. The standard InChI is InChI=1S/C11H11BrFNO/c12-9-6-8(4-5-10(9)13)14-11(15)7-2-1-3-7/h4-7H,1-3H2,(H,14,15). The normalized spacial score (nSPS) is 15.9. The minimum atomic E-state index is -0.323. The lowest BCUT2D eigenvalue weighted by molar-refractivity contribution is -0.122. The van der Waals surface area contributed by atoms with Crippen molar-refractivity contribution in [1.29, 1.82) is 0 Å². The number of halogens is 2. The number of amides is 1. The van der Waals surface area contributed by atoms with Gasteiger partial charge in [0.2, 0.25) is 5.91 Å². The molecule has 0 radical (unpaired) electrons. The van der Waals surface area contributed by atoms with Crippen molar-refractivity contribution in [1.82, 2.24) is 0 Å². The van der Waals surface area contributed by atoms with Gasteiger partial charge in [-0.1, -0.05) is 6.42 Å². The van der Waals surface area contributed by atoms with Crippen LogP contribution in [0.5, 0.6) is 0 Å². The number of anilines is 1. The summed E-state index contributed by atoms with van der Waals surface area (Å²) >= 11 is 3.08. The molecule has 1 aromatic carbocycles. The highest BCUT2D eigenvalue weighted by molar-refractivity contribution is 9.10. The molecule has 1 amide bonds. The Hall–Kier alpha value is -0.900. The fourth-order valence-electron chi connectivity index (χ4n) is 1.49. The van der Waals surface area contributed by atoms with E-state index in [9.17, 15) is 9.18 Å². The lowest BCUT2D eigenvalue weighted by Gasteiger charge is -2.24. The second-order valence-electron chi connectivity index (χ2n) is 3.75. The maximum absolute atomic E-state index is 12.9. The van der Waals surface area contributed by atoms with Crippen molar-refractivity contribution in [2.45, 2.75) is 19.3 Å². The zero-order valence-electron chi connectivity index (χ0n) is 8.09. The zero-order chi connectivity index (χ0) is 10.8. The van der Waals surface area contributed by atoms with Crippen LogP contribution in [-0.2, 0) is 4.79 Å². The predicted octanol–water partition coefficient (Wildman–Crippen LogP) is 3.33. The van der Waals surface area contributed by atoms with E-state index in [1.807, 2.05) is 0 Å². The van der Waals surface area contributed by atoms with Crippen LogP contribution in [-0.4, -0.2) is 5.91 Å². The smallest absolute Gasteiger partial charge is 0.227 e. The molecule has 1 N–H and O–H groups in total. The number of carbonyl (C=O) groups is 1. The van der Waals surface area contributed by atoms with E-state index in [0.717, 1.165) is 19.3 Å². The molecule has 0 heterocycles. The first-order valence-corrected chi connectivity index (χ1v) is 5.72. The van der Waals surface area contributed by atoms with Gasteiger partial charge in [-0.15, -0.1) is 0 Å². The van der Waals surface area contributed by atoms with Crippen molar-refractivity contribution in [3.8, 4) is 0 Å². The molecule has 80 valence electrons. The fourth-order valence-corrected chi connectivity index (χ4v) is 1.87. The summed E-state index contributed by atoms with van der Waals surface area (Å²) < 4.78 is 13.3. The summed E-state index contributed by atoms with van der Waals surface area (Å²) in [5.41, 5.74) is 0.639. The van der Waals surface area contributed by atoms with Crippen LogP contribution in [0, 0.1) is 11.7 Å². The third-order valence-corrected chi connectivity index (χ3v) is 3.27. The van der Waals surface area contributed by atoms with Crippen LogP contribution in [0.4, 0.5) is 10.1 Å². The number of hydrogen-bond acceptors (Lipinski definition) is 1. The molecule has 0 saturated heterocycles. The van der Waals surface area contributed by atoms with Gasteiger partial charge >= 0.3 is 0 Å². The van der Waals surface area contributed by atoms with Gasteiger partial charge in [-0.2, -0.15) is 0 Å². The Bertz CT molecular complexity index is 390. The van der Waals surface area contributed by atoms with E-state index < -0.39 is 0 Å². The first-order chi connectivity index (χ1) is 7.16. The summed E-state index contributed by atoms with van der Waals surface area (Å²) in [6.45, 7) is 0. The van der Waals surface area contributed by atoms with Crippen LogP contribution >= 0.6 is 15.9 Å². The average Bonchev–Trinajstić information content (AvgIpc) is 2.08. The van der Waals surface area contributed by atoms with Crippen molar-refractivity contribution in [2.75, 3.05) is 5.32 Å². The zero-order valence-corrected chi connectivity index (χ0v) is 9.68. The van der Waals surface area contributed by atoms with Crippen LogP contribution in [0.3, 0.4) is 0 Å². The molecule has 0 aliphatic heterocycles. The van der Waals surface area contributed by atoms with Gasteiger partial charge in [0, 0.05) is 11.6 Å². The van der Waals surface area contributed by atoms with Gasteiger partial charge in [-0.05, 0) is 47.0 Å². The van der Waals surface area contributed by atoms with Gasteiger partial charge in [-0.25, -0.2) is 4.39 Å². The summed E-state index contributed by atoms with van der Waals surface area (Å²) in [7, 11) is 0. The minimum Gasteiger partial charge on any atom is -0.326 e.